The van der Waals surface area contributed by atoms with Gasteiger partial charge in [0.2, 0.25) is 11.6 Å². The molecule has 1 aliphatic carbocycles. The van der Waals surface area contributed by atoms with Gasteiger partial charge in [0, 0.05) is 34.5 Å². The fraction of sp³-hybridized carbons (Fsp3) is 0.308. The summed E-state index contributed by atoms with van der Waals surface area (Å²) >= 11 is 0. The molecular weight excluding hydrogens is 696 g/mol. The third-order valence-electron chi connectivity index (χ3n) is 9.77. The Hall–Kier alpha value is -3.29. The van der Waals surface area contributed by atoms with Crippen molar-refractivity contribution in [2.45, 2.75) is 64.7 Å². The van der Waals surface area contributed by atoms with E-state index in [1.807, 2.05) is 132 Å². The van der Waals surface area contributed by atoms with Crippen molar-refractivity contribution >= 4 is 37.3 Å². The summed E-state index contributed by atoms with van der Waals surface area (Å²) in [6.07, 6.45) is 9.84. The topological polar surface area (TPSA) is 130 Å². The molecule has 0 spiro atoms. The number of hydrogen-bond acceptors (Lipinski definition) is 8. The second-order valence-corrected chi connectivity index (χ2v) is 16.8. The average Bonchev–Trinajstić information content (AvgIpc) is 3.37. The van der Waals surface area contributed by atoms with Crippen molar-refractivity contribution in [2.24, 2.45) is 0 Å². The maximum Gasteiger partial charge on any atom is 1.00 e. The molecule has 9 nitrogen and oxygen atoms in total. The van der Waals surface area contributed by atoms with E-state index in [0.717, 1.165) is 34.3 Å². The van der Waals surface area contributed by atoms with Crippen LogP contribution in [-0.2, 0) is 31.1 Å². The molecule has 51 heavy (non-hydrogen) atoms. The fourth-order valence-corrected chi connectivity index (χ4v) is 8.50. The van der Waals surface area contributed by atoms with Gasteiger partial charge in [-0.3, -0.25) is 0 Å². The standard InChI is InChI=1S/C39H42N2O7S2.Na/c1-27-17-21-30(22-18-27)48-37-28(19-23-35-38(2,3)31-13-6-8-15-33(31)40(35)25-49(42,43)44)11-10-12-29(37)20-24-36-39(4,5)32-14-7-9-16-34(32)41(36)26-50(45,46)47;/h6-9,13-24H,10-12,25-26H2,1-5H3,(H-,42,43,44,45,46,47);/q;+1/p-1. The zero-order valence-corrected chi connectivity index (χ0v) is 33.5. The van der Waals surface area contributed by atoms with Crippen LogP contribution in [0.15, 0.2) is 120 Å². The summed E-state index contributed by atoms with van der Waals surface area (Å²) in [4.78, 5) is 1.58. The third kappa shape index (κ3) is 8.20. The fourth-order valence-electron chi connectivity index (χ4n) is 7.31. The van der Waals surface area contributed by atoms with Gasteiger partial charge in [0.15, 0.2) is 15.8 Å². The van der Waals surface area contributed by atoms with Gasteiger partial charge < -0.3 is 18.7 Å². The molecule has 0 saturated carbocycles. The summed E-state index contributed by atoms with van der Waals surface area (Å²) in [6.45, 7) is 10.0. The predicted octanol–water partition coefficient (Wildman–Crippen LogP) is 4.06. The van der Waals surface area contributed by atoms with Gasteiger partial charge in [-0.05, 0) is 87.1 Å². The Morgan fingerprint density at radius 3 is 2.12 bits per heavy atom. The Morgan fingerprint density at radius 1 is 0.804 bits per heavy atom. The molecule has 0 unspecified atom stereocenters. The molecule has 0 radical (unpaired) electrons. The molecule has 0 fully saturated rings. The number of anilines is 1. The second-order valence-electron chi connectivity index (χ2n) is 14.1. The maximum absolute atomic E-state index is 12.0. The number of hydrogen-bond donors (Lipinski definition) is 0. The average molecular weight is 737 g/mol. The Bertz CT molecular complexity index is 2230. The minimum absolute atomic E-state index is 0. The van der Waals surface area contributed by atoms with Gasteiger partial charge in [-0.15, -0.1) is 0 Å². The molecule has 2 aliphatic heterocycles. The number of allylic oxidation sites excluding steroid dienone is 7. The summed E-state index contributed by atoms with van der Waals surface area (Å²) in [7, 11) is -9.19. The van der Waals surface area contributed by atoms with Crippen molar-refractivity contribution in [1.29, 1.82) is 0 Å². The molecule has 3 aromatic rings. The number of fused-ring (bicyclic) bond motifs is 2. The van der Waals surface area contributed by atoms with Crippen molar-refractivity contribution in [3.63, 3.8) is 0 Å². The van der Waals surface area contributed by atoms with Crippen LogP contribution in [0.2, 0.25) is 0 Å². The number of benzene rings is 3. The van der Waals surface area contributed by atoms with E-state index in [2.05, 4.69) is 0 Å². The van der Waals surface area contributed by atoms with Crippen LogP contribution in [0.1, 0.15) is 63.6 Å². The van der Waals surface area contributed by atoms with E-state index >= 15 is 0 Å². The van der Waals surface area contributed by atoms with Crippen LogP contribution in [0.4, 0.5) is 11.4 Å². The summed E-state index contributed by atoms with van der Waals surface area (Å²) < 4.78 is 80.5. The van der Waals surface area contributed by atoms with Gasteiger partial charge in [0.25, 0.3) is 0 Å². The first-order chi connectivity index (χ1) is 23.5. The molecule has 2 heterocycles. The summed E-state index contributed by atoms with van der Waals surface area (Å²) in [5, 5.41) is 0. The van der Waals surface area contributed by atoms with E-state index in [0.29, 0.717) is 47.1 Å². The van der Waals surface area contributed by atoms with Crippen molar-refractivity contribution in [3.8, 4) is 5.75 Å². The number of para-hydroxylation sites is 2. The minimum atomic E-state index is -4.59. The maximum atomic E-state index is 12.0. The SMILES string of the molecule is Cc1ccc(OC2=C(/C=C/C3=[N+](CS(=O)(=O)[O-])c4ccccc4C3(C)C)CCC/C2=C\C=C2\N(CS(=O)(=O)[O-])c3ccccc3C2(C)C)cc1.[Na+]. The normalized spacial score (nSPS) is 19.9. The van der Waals surface area contributed by atoms with Crippen molar-refractivity contribution in [1.82, 2.24) is 0 Å². The first-order valence-electron chi connectivity index (χ1n) is 16.5. The molecule has 262 valence electrons. The van der Waals surface area contributed by atoms with Crippen LogP contribution in [0, 0.1) is 6.92 Å². The molecule has 6 rings (SSSR count). The number of nitrogens with zero attached hydrogens (tertiary/aromatic N) is 2. The Kier molecular flexibility index (Phi) is 11.2. The zero-order valence-electron chi connectivity index (χ0n) is 29.8. The largest absolute Gasteiger partial charge is 1.00 e. The van der Waals surface area contributed by atoms with E-state index in [4.69, 9.17) is 4.74 Å². The minimum Gasteiger partial charge on any atom is -0.747 e. The van der Waals surface area contributed by atoms with Gasteiger partial charge in [0.05, 0.1) is 5.41 Å². The van der Waals surface area contributed by atoms with Gasteiger partial charge in [0.1, 0.15) is 27.5 Å². The molecule has 0 bridgehead atoms. The van der Waals surface area contributed by atoms with Crippen LogP contribution in [0.5, 0.6) is 5.75 Å². The third-order valence-corrected chi connectivity index (χ3v) is 10.9. The first-order valence-corrected chi connectivity index (χ1v) is 19.7. The van der Waals surface area contributed by atoms with E-state index in [1.165, 1.54) is 0 Å². The van der Waals surface area contributed by atoms with E-state index in [-0.39, 0.29) is 29.6 Å². The van der Waals surface area contributed by atoms with Gasteiger partial charge in [-0.25, -0.2) is 16.8 Å². The molecule has 3 aromatic carbocycles. The summed E-state index contributed by atoms with van der Waals surface area (Å²) in [5.74, 6) is -0.0945. The number of rotatable bonds is 9. The van der Waals surface area contributed by atoms with Crippen molar-refractivity contribution < 1.29 is 64.8 Å². The predicted molar refractivity (Wildman–Crippen MR) is 193 cm³/mol. The molecule has 3 aliphatic rings. The van der Waals surface area contributed by atoms with Crippen LogP contribution >= 0.6 is 0 Å². The monoisotopic (exact) mass is 736 g/mol. The molecular formula is C39H41N2NaO7S2. The van der Waals surface area contributed by atoms with Gasteiger partial charge in [-0.2, -0.15) is 4.58 Å². The first kappa shape index (κ1) is 38.9. The summed E-state index contributed by atoms with van der Waals surface area (Å²) in [5.41, 5.74) is 6.27. The van der Waals surface area contributed by atoms with E-state index in [1.54, 1.807) is 9.48 Å². The van der Waals surface area contributed by atoms with Crippen LogP contribution in [0.25, 0.3) is 0 Å². The zero-order chi connectivity index (χ0) is 36.1. The Labute approximate surface area is 323 Å². The number of ether oxygens (including phenoxy) is 1. The van der Waals surface area contributed by atoms with E-state index in [9.17, 15) is 25.9 Å². The molecule has 12 heteroatoms. The van der Waals surface area contributed by atoms with Crippen LogP contribution in [0.3, 0.4) is 0 Å². The second kappa shape index (κ2) is 14.6. The Morgan fingerprint density at radius 2 is 1.45 bits per heavy atom. The smallest absolute Gasteiger partial charge is 0.747 e. The quantitative estimate of drug-likeness (QED) is 0.183. The van der Waals surface area contributed by atoms with Crippen molar-refractivity contribution in [2.75, 3.05) is 16.7 Å². The Balaban J connectivity index is 0.00000504. The molecule has 0 amide bonds. The van der Waals surface area contributed by atoms with Gasteiger partial charge in [-0.1, -0.05) is 74.0 Å². The van der Waals surface area contributed by atoms with Crippen LogP contribution in [-0.4, -0.2) is 48.0 Å². The van der Waals surface area contributed by atoms with E-state index < -0.39 is 42.8 Å². The van der Waals surface area contributed by atoms with Gasteiger partial charge >= 0.3 is 29.6 Å². The molecule has 0 N–H and O–H groups in total. The molecule has 0 atom stereocenters. The molecule has 0 saturated heterocycles. The summed E-state index contributed by atoms with van der Waals surface area (Å²) in [6, 6.07) is 22.7. The van der Waals surface area contributed by atoms with Crippen LogP contribution < -0.4 is 39.2 Å². The number of aryl methyl sites for hydroxylation is 1. The van der Waals surface area contributed by atoms with Crippen molar-refractivity contribution in [3.05, 3.63) is 136 Å². The molecule has 0 aromatic heterocycles.